The van der Waals surface area contributed by atoms with Gasteiger partial charge < -0.3 is 20.3 Å². The lowest BCUT2D eigenvalue weighted by atomic mass is 10.1. The van der Waals surface area contributed by atoms with Crippen LogP contribution in [0.4, 0.5) is 0 Å². The molecular formula is C16H25NO3. The first-order valence-electron chi connectivity index (χ1n) is 7.47. The van der Waals surface area contributed by atoms with Crippen LogP contribution in [0.3, 0.4) is 0 Å². The summed E-state index contributed by atoms with van der Waals surface area (Å²) in [4.78, 5) is 0. The van der Waals surface area contributed by atoms with E-state index in [0.717, 1.165) is 31.4 Å². The number of rotatable bonds is 8. The van der Waals surface area contributed by atoms with Gasteiger partial charge in [0.25, 0.3) is 0 Å². The van der Waals surface area contributed by atoms with E-state index in [2.05, 4.69) is 6.92 Å². The van der Waals surface area contributed by atoms with E-state index in [4.69, 9.17) is 15.2 Å². The number of hydrogen-bond acceptors (Lipinski definition) is 4. The lowest BCUT2D eigenvalue weighted by Gasteiger charge is -2.13. The molecule has 1 aromatic rings. The molecule has 0 heterocycles. The fourth-order valence-electron chi connectivity index (χ4n) is 2.42. The van der Waals surface area contributed by atoms with Crippen molar-refractivity contribution in [1.82, 2.24) is 0 Å². The zero-order valence-corrected chi connectivity index (χ0v) is 12.2. The lowest BCUT2D eigenvalue weighted by molar-refractivity contribution is 0.0113. The number of aliphatic hydroxyl groups excluding tert-OH is 1. The predicted molar refractivity (Wildman–Crippen MR) is 78.9 cm³/mol. The minimum atomic E-state index is -0.581. The number of benzene rings is 1. The molecule has 4 heteroatoms. The zero-order valence-electron chi connectivity index (χ0n) is 12.2. The minimum Gasteiger partial charge on any atom is -0.491 e. The number of hydrogen-bond donors (Lipinski definition) is 2. The summed E-state index contributed by atoms with van der Waals surface area (Å²) in [5, 5.41) is 9.78. The topological polar surface area (TPSA) is 64.7 Å². The average molecular weight is 279 g/mol. The maximum atomic E-state index is 9.78. The Balaban J connectivity index is 1.74. The largest absolute Gasteiger partial charge is 0.491 e. The van der Waals surface area contributed by atoms with Crippen LogP contribution < -0.4 is 10.5 Å². The van der Waals surface area contributed by atoms with Gasteiger partial charge in [-0.15, -0.1) is 0 Å². The molecule has 4 nitrogen and oxygen atoms in total. The Morgan fingerprint density at radius 1 is 1.40 bits per heavy atom. The van der Waals surface area contributed by atoms with Crippen LogP contribution in [0.2, 0.25) is 0 Å². The summed E-state index contributed by atoms with van der Waals surface area (Å²) in [7, 11) is 0. The Bertz CT molecular complexity index is 422. The van der Waals surface area contributed by atoms with Gasteiger partial charge in [-0.05, 0) is 42.5 Å². The summed E-state index contributed by atoms with van der Waals surface area (Å²) in [5.41, 5.74) is 8.49. The highest BCUT2D eigenvalue weighted by atomic mass is 16.5. The third-order valence-electron chi connectivity index (χ3n) is 3.63. The highest BCUT2D eigenvalue weighted by molar-refractivity contribution is 5.40. The summed E-state index contributed by atoms with van der Waals surface area (Å²) in [6.07, 6.45) is 3.56. The third-order valence-corrected chi connectivity index (χ3v) is 3.63. The van der Waals surface area contributed by atoms with Crippen molar-refractivity contribution in [3.8, 4) is 5.75 Å². The van der Waals surface area contributed by atoms with Crippen molar-refractivity contribution in [3.05, 3.63) is 29.3 Å². The maximum Gasteiger partial charge on any atom is 0.119 e. The lowest BCUT2D eigenvalue weighted by Crippen LogP contribution is -2.23. The molecule has 2 rings (SSSR count). The van der Waals surface area contributed by atoms with E-state index >= 15 is 0 Å². The van der Waals surface area contributed by atoms with Gasteiger partial charge >= 0.3 is 0 Å². The molecule has 0 aromatic heterocycles. The van der Waals surface area contributed by atoms with Crippen molar-refractivity contribution < 1.29 is 14.6 Å². The number of ether oxygens (including phenoxy) is 2. The Kier molecular flexibility index (Phi) is 5.83. The number of fused-ring (bicyclic) bond motifs is 1. The van der Waals surface area contributed by atoms with Gasteiger partial charge in [-0.25, -0.2) is 0 Å². The molecule has 1 unspecified atom stereocenters. The van der Waals surface area contributed by atoms with Crippen LogP contribution >= 0.6 is 0 Å². The molecule has 0 amide bonds. The van der Waals surface area contributed by atoms with Crippen molar-refractivity contribution in [2.24, 2.45) is 5.73 Å². The highest BCUT2D eigenvalue weighted by Gasteiger charge is 2.19. The van der Waals surface area contributed by atoms with Crippen LogP contribution in [-0.2, 0) is 11.2 Å². The normalized spacial score (nSPS) is 18.9. The van der Waals surface area contributed by atoms with Gasteiger partial charge in [0.15, 0.2) is 0 Å². The van der Waals surface area contributed by atoms with Crippen molar-refractivity contribution >= 4 is 0 Å². The van der Waals surface area contributed by atoms with E-state index in [1.165, 1.54) is 11.1 Å². The molecule has 0 radical (unpaired) electrons. The van der Waals surface area contributed by atoms with Crippen LogP contribution in [0, 0.1) is 0 Å². The SMILES string of the molecule is CCCCOCC(O)COc1ccc2c(c1)CC[C@H]2N. The molecule has 0 bridgehead atoms. The van der Waals surface area contributed by atoms with Gasteiger partial charge in [-0.1, -0.05) is 19.4 Å². The zero-order chi connectivity index (χ0) is 14.4. The van der Waals surface area contributed by atoms with Crippen molar-refractivity contribution in [1.29, 1.82) is 0 Å². The fourth-order valence-corrected chi connectivity index (χ4v) is 2.42. The minimum absolute atomic E-state index is 0.164. The number of unbranched alkanes of at least 4 members (excludes halogenated alkanes) is 1. The highest BCUT2D eigenvalue weighted by Crippen LogP contribution is 2.31. The van der Waals surface area contributed by atoms with Gasteiger partial charge in [0.05, 0.1) is 6.61 Å². The van der Waals surface area contributed by atoms with Gasteiger partial charge in [-0.3, -0.25) is 0 Å². The van der Waals surface area contributed by atoms with Crippen LogP contribution in [0.1, 0.15) is 43.4 Å². The molecule has 0 saturated heterocycles. The second-order valence-electron chi connectivity index (χ2n) is 5.40. The second kappa shape index (κ2) is 7.62. The van der Waals surface area contributed by atoms with E-state index in [0.29, 0.717) is 13.2 Å². The molecular weight excluding hydrogens is 254 g/mol. The van der Waals surface area contributed by atoms with Crippen LogP contribution in [0.5, 0.6) is 5.75 Å². The first kappa shape index (κ1) is 15.3. The smallest absolute Gasteiger partial charge is 0.119 e. The van der Waals surface area contributed by atoms with Crippen molar-refractivity contribution in [2.75, 3.05) is 19.8 Å². The van der Waals surface area contributed by atoms with Crippen LogP contribution in [-0.4, -0.2) is 31.0 Å². The van der Waals surface area contributed by atoms with E-state index < -0.39 is 6.10 Å². The van der Waals surface area contributed by atoms with Gasteiger partial charge in [0, 0.05) is 12.6 Å². The predicted octanol–water partition coefficient (Wildman–Crippen LogP) is 2.19. The Hall–Kier alpha value is -1.10. The number of aliphatic hydroxyl groups is 1. The van der Waals surface area contributed by atoms with E-state index in [1.54, 1.807) is 0 Å². The average Bonchev–Trinajstić information content (AvgIpc) is 2.82. The van der Waals surface area contributed by atoms with Gasteiger partial charge in [0.2, 0.25) is 0 Å². The maximum absolute atomic E-state index is 9.78. The summed E-state index contributed by atoms with van der Waals surface area (Å²) >= 11 is 0. The molecule has 0 saturated carbocycles. The molecule has 0 spiro atoms. The van der Waals surface area contributed by atoms with E-state index in [9.17, 15) is 5.11 Å². The summed E-state index contributed by atoms with van der Waals surface area (Å²) in [5.74, 6) is 0.797. The quantitative estimate of drug-likeness (QED) is 0.716. The first-order chi connectivity index (χ1) is 9.70. The molecule has 1 aliphatic carbocycles. The summed E-state index contributed by atoms with van der Waals surface area (Å²) < 4.78 is 11.0. The number of aryl methyl sites for hydroxylation is 1. The van der Waals surface area contributed by atoms with Gasteiger partial charge in [-0.2, -0.15) is 0 Å². The Morgan fingerprint density at radius 3 is 3.05 bits per heavy atom. The first-order valence-corrected chi connectivity index (χ1v) is 7.47. The molecule has 1 aromatic carbocycles. The van der Waals surface area contributed by atoms with E-state index in [1.807, 2.05) is 18.2 Å². The van der Waals surface area contributed by atoms with Crippen molar-refractivity contribution in [3.63, 3.8) is 0 Å². The molecule has 1 aliphatic rings. The summed E-state index contributed by atoms with van der Waals surface area (Å²) in [6.45, 7) is 3.40. The molecule has 3 N–H and O–H groups in total. The third kappa shape index (κ3) is 4.20. The van der Waals surface area contributed by atoms with Gasteiger partial charge in [0.1, 0.15) is 18.5 Å². The fraction of sp³-hybridized carbons (Fsp3) is 0.625. The summed E-state index contributed by atoms with van der Waals surface area (Å²) in [6, 6.07) is 6.16. The molecule has 2 atom stereocenters. The van der Waals surface area contributed by atoms with Crippen LogP contribution in [0.15, 0.2) is 18.2 Å². The van der Waals surface area contributed by atoms with E-state index in [-0.39, 0.29) is 12.6 Å². The van der Waals surface area contributed by atoms with Crippen LogP contribution in [0.25, 0.3) is 0 Å². The molecule has 112 valence electrons. The Morgan fingerprint density at radius 2 is 2.25 bits per heavy atom. The molecule has 0 fully saturated rings. The molecule has 20 heavy (non-hydrogen) atoms. The monoisotopic (exact) mass is 279 g/mol. The number of nitrogens with two attached hydrogens (primary N) is 1. The standard InChI is InChI=1S/C16H25NO3/c1-2-3-8-19-10-13(18)11-20-14-5-6-15-12(9-14)4-7-16(15)17/h5-6,9,13,16,18H,2-4,7-8,10-11,17H2,1H3/t13?,16-/m1/s1. The van der Waals surface area contributed by atoms with Crippen molar-refractivity contribution in [2.45, 2.75) is 44.8 Å². The Labute approximate surface area is 120 Å². The second-order valence-corrected chi connectivity index (χ2v) is 5.40. The molecule has 0 aliphatic heterocycles.